The number of methoxy groups -OCH3 is 2. The number of aromatic nitrogens is 2. The Bertz CT molecular complexity index is 770. The van der Waals surface area contributed by atoms with Crippen LogP contribution in [0.2, 0.25) is 0 Å². The number of aromatic carboxylic acids is 1. The Hall–Kier alpha value is -2.89. The maximum atomic E-state index is 11.2. The van der Waals surface area contributed by atoms with Gasteiger partial charge in [0.1, 0.15) is 0 Å². The Morgan fingerprint density at radius 2 is 1.96 bits per heavy atom. The maximum Gasteiger partial charge on any atom is 0.339 e. The lowest BCUT2D eigenvalue weighted by Gasteiger charge is -2.10. The lowest BCUT2D eigenvalue weighted by Crippen LogP contribution is -2.08. The minimum atomic E-state index is -1.02. The van der Waals surface area contributed by atoms with Gasteiger partial charge in [-0.25, -0.2) is 14.8 Å². The first-order chi connectivity index (χ1) is 11.5. The quantitative estimate of drug-likeness (QED) is 0.874. The van der Waals surface area contributed by atoms with Gasteiger partial charge in [0.2, 0.25) is 0 Å². The molecule has 0 aliphatic carbocycles. The molecule has 6 nitrogen and oxygen atoms in total. The van der Waals surface area contributed by atoms with Gasteiger partial charge in [0.25, 0.3) is 0 Å². The van der Waals surface area contributed by atoms with Crippen LogP contribution in [-0.2, 0) is 0 Å². The number of benzene rings is 1. The molecule has 0 saturated heterocycles. The average molecular weight is 328 g/mol. The van der Waals surface area contributed by atoms with Crippen molar-refractivity contribution in [1.29, 1.82) is 0 Å². The van der Waals surface area contributed by atoms with Gasteiger partial charge < -0.3 is 14.6 Å². The van der Waals surface area contributed by atoms with E-state index in [1.54, 1.807) is 26.4 Å². The largest absolute Gasteiger partial charge is 0.493 e. The summed E-state index contributed by atoms with van der Waals surface area (Å²) in [5.74, 6) is 0.641. The minimum Gasteiger partial charge on any atom is -0.493 e. The van der Waals surface area contributed by atoms with Gasteiger partial charge in [0, 0.05) is 11.8 Å². The van der Waals surface area contributed by atoms with E-state index in [-0.39, 0.29) is 11.5 Å². The zero-order valence-electron chi connectivity index (χ0n) is 14.1. The van der Waals surface area contributed by atoms with Crippen molar-refractivity contribution in [2.45, 2.75) is 19.8 Å². The third-order valence-electron chi connectivity index (χ3n) is 3.46. The third kappa shape index (κ3) is 3.71. The standard InChI is InChI=1S/C18H20N2O4/c1-11(2)16-13(18(21)22)10-19-15(20-16)9-8-12-6-5-7-14(23-3)17(12)24-4/h5-11H,1-4H3,(H,21,22)/b9-8+. The number of carboxylic acids is 1. The van der Waals surface area contributed by atoms with E-state index in [1.165, 1.54) is 6.20 Å². The number of rotatable bonds is 6. The molecule has 2 rings (SSSR count). The summed E-state index contributed by atoms with van der Waals surface area (Å²) < 4.78 is 10.6. The first-order valence-corrected chi connectivity index (χ1v) is 7.47. The van der Waals surface area contributed by atoms with Crippen molar-refractivity contribution < 1.29 is 19.4 Å². The van der Waals surface area contributed by atoms with Gasteiger partial charge in [-0.1, -0.05) is 26.0 Å². The van der Waals surface area contributed by atoms with Gasteiger partial charge in [-0.2, -0.15) is 0 Å². The molecule has 0 bridgehead atoms. The Balaban J connectivity index is 2.40. The monoisotopic (exact) mass is 328 g/mol. The molecule has 0 saturated carbocycles. The predicted octanol–water partition coefficient (Wildman–Crippen LogP) is 3.49. The van der Waals surface area contributed by atoms with E-state index < -0.39 is 5.97 Å². The van der Waals surface area contributed by atoms with Gasteiger partial charge in [-0.15, -0.1) is 0 Å². The molecule has 2 aromatic rings. The SMILES string of the molecule is COc1cccc(/C=C/c2ncc(C(=O)O)c(C(C)C)n2)c1OC. The topological polar surface area (TPSA) is 81.5 Å². The Kier molecular flexibility index (Phi) is 5.52. The molecule has 6 heteroatoms. The molecular formula is C18H20N2O4. The molecule has 0 amide bonds. The van der Waals surface area contributed by atoms with E-state index in [2.05, 4.69) is 9.97 Å². The zero-order valence-corrected chi connectivity index (χ0v) is 14.1. The van der Waals surface area contributed by atoms with E-state index in [0.29, 0.717) is 23.0 Å². The average Bonchev–Trinajstić information content (AvgIpc) is 2.58. The normalized spacial score (nSPS) is 11.0. The fourth-order valence-electron chi connectivity index (χ4n) is 2.30. The molecule has 126 valence electrons. The molecule has 0 atom stereocenters. The van der Waals surface area contributed by atoms with Crippen molar-refractivity contribution in [3.05, 3.63) is 47.0 Å². The summed E-state index contributed by atoms with van der Waals surface area (Å²) >= 11 is 0. The number of para-hydroxylation sites is 1. The minimum absolute atomic E-state index is 0.0161. The van der Waals surface area contributed by atoms with Crippen LogP contribution < -0.4 is 9.47 Å². The fourth-order valence-corrected chi connectivity index (χ4v) is 2.30. The van der Waals surface area contributed by atoms with Crippen molar-refractivity contribution in [1.82, 2.24) is 9.97 Å². The summed E-state index contributed by atoms with van der Waals surface area (Å²) in [7, 11) is 3.15. The van der Waals surface area contributed by atoms with Crippen molar-refractivity contribution in [3.8, 4) is 11.5 Å². The molecule has 1 aromatic carbocycles. The van der Waals surface area contributed by atoms with Crippen molar-refractivity contribution in [3.63, 3.8) is 0 Å². The summed E-state index contributed by atoms with van der Waals surface area (Å²) in [4.78, 5) is 19.7. The van der Waals surface area contributed by atoms with Crippen molar-refractivity contribution in [2.24, 2.45) is 0 Å². The van der Waals surface area contributed by atoms with Crippen LogP contribution >= 0.6 is 0 Å². The second kappa shape index (κ2) is 7.59. The number of hydrogen-bond donors (Lipinski definition) is 1. The second-order valence-electron chi connectivity index (χ2n) is 5.40. The molecule has 0 unspecified atom stereocenters. The van der Waals surface area contributed by atoms with Crippen LogP contribution in [0.5, 0.6) is 11.5 Å². The van der Waals surface area contributed by atoms with Crippen LogP contribution in [0.3, 0.4) is 0 Å². The smallest absolute Gasteiger partial charge is 0.339 e. The molecule has 1 heterocycles. The highest BCUT2D eigenvalue weighted by Crippen LogP contribution is 2.31. The number of carboxylic acid groups (broad SMARTS) is 1. The van der Waals surface area contributed by atoms with E-state index in [4.69, 9.17) is 9.47 Å². The highest BCUT2D eigenvalue weighted by atomic mass is 16.5. The molecule has 0 radical (unpaired) electrons. The van der Waals surface area contributed by atoms with Gasteiger partial charge in [-0.05, 0) is 24.1 Å². The molecule has 0 spiro atoms. The lowest BCUT2D eigenvalue weighted by atomic mass is 10.1. The first-order valence-electron chi connectivity index (χ1n) is 7.47. The Morgan fingerprint density at radius 3 is 2.54 bits per heavy atom. The van der Waals surface area contributed by atoms with Gasteiger partial charge in [0.05, 0.1) is 25.5 Å². The van der Waals surface area contributed by atoms with Crippen LogP contribution in [0.25, 0.3) is 12.2 Å². The number of hydrogen-bond acceptors (Lipinski definition) is 5. The fraction of sp³-hybridized carbons (Fsp3) is 0.278. The van der Waals surface area contributed by atoms with Gasteiger partial charge in [0.15, 0.2) is 17.3 Å². The van der Waals surface area contributed by atoms with E-state index in [0.717, 1.165) is 5.56 Å². The number of nitrogens with zero attached hydrogens (tertiary/aromatic N) is 2. The van der Waals surface area contributed by atoms with E-state index >= 15 is 0 Å². The Labute approximate surface area is 140 Å². The number of carbonyl (C=O) groups is 1. The van der Waals surface area contributed by atoms with E-state index in [1.807, 2.05) is 32.0 Å². The van der Waals surface area contributed by atoms with Crippen molar-refractivity contribution in [2.75, 3.05) is 14.2 Å². The van der Waals surface area contributed by atoms with Crippen molar-refractivity contribution >= 4 is 18.1 Å². The molecule has 1 N–H and O–H groups in total. The predicted molar refractivity (Wildman–Crippen MR) is 91.6 cm³/mol. The van der Waals surface area contributed by atoms with Crippen LogP contribution in [0, 0.1) is 0 Å². The molecular weight excluding hydrogens is 308 g/mol. The summed E-state index contributed by atoms with van der Waals surface area (Å²) in [6.45, 7) is 3.79. The number of ether oxygens (including phenoxy) is 2. The van der Waals surface area contributed by atoms with Gasteiger partial charge >= 0.3 is 5.97 Å². The van der Waals surface area contributed by atoms with Gasteiger partial charge in [-0.3, -0.25) is 0 Å². The molecule has 24 heavy (non-hydrogen) atoms. The summed E-state index contributed by atoms with van der Waals surface area (Å²) in [6.07, 6.45) is 4.86. The van der Waals surface area contributed by atoms with Crippen LogP contribution in [-0.4, -0.2) is 35.3 Å². The second-order valence-corrected chi connectivity index (χ2v) is 5.40. The summed E-state index contributed by atoms with van der Waals surface area (Å²) in [5, 5.41) is 9.21. The first kappa shape index (κ1) is 17.5. The molecule has 0 aliphatic heterocycles. The summed E-state index contributed by atoms with van der Waals surface area (Å²) in [5.41, 5.74) is 1.45. The van der Waals surface area contributed by atoms with Crippen LogP contribution in [0.4, 0.5) is 0 Å². The maximum absolute atomic E-state index is 11.2. The molecule has 1 aromatic heterocycles. The lowest BCUT2D eigenvalue weighted by molar-refractivity contribution is 0.0694. The summed E-state index contributed by atoms with van der Waals surface area (Å²) in [6, 6.07) is 5.55. The highest BCUT2D eigenvalue weighted by Gasteiger charge is 2.15. The highest BCUT2D eigenvalue weighted by molar-refractivity contribution is 5.88. The Morgan fingerprint density at radius 1 is 1.21 bits per heavy atom. The molecule has 0 fully saturated rings. The van der Waals surface area contributed by atoms with Crippen LogP contribution in [0.15, 0.2) is 24.4 Å². The third-order valence-corrected chi connectivity index (χ3v) is 3.46. The van der Waals surface area contributed by atoms with E-state index in [9.17, 15) is 9.90 Å². The van der Waals surface area contributed by atoms with Crippen LogP contribution in [0.1, 0.15) is 47.2 Å². The zero-order chi connectivity index (χ0) is 17.7. The molecule has 0 aliphatic rings.